The molecule has 0 spiro atoms. The van der Waals surface area contributed by atoms with Gasteiger partial charge in [0.2, 0.25) is 0 Å². The van der Waals surface area contributed by atoms with Crippen molar-refractivity contribution in [2.24, 2.45) is 5.73 Å². The Balaban J connectivity index is 3.15. The second-order valence-electron chi connectivity index (χ2n) is 2.92. The van der Waals surface area contributed by atoms with Crippen LogP contribution in [0.4, 0.5) is 13.2 Å². The van der Waals surface area contributed by atoms with Gasteiger partial charge in [0.25, 0.3) is 0 Å². The molecular weight excluding hydrogens is 179 g/mol. The fraction of sp³-hybridized carbons (Fsp3) is 0.333. The van der Waals surface area contributed by atoms with Gasteiger partial charge in [0, 0.05) is 6.07 Å². The molecule has 72 valence electrons. The standard InChI is InChI=1S/C9H10F3N/c1-5(4-13)6-2-8(11)9(12)3-7(6)10/h2-3,5H,4,13H2,1H3/t5-/m1/s1. The predicted octanol–water partition coefficient (Wildman–Crippen LogP) is 2.17. The van der Waals surface area contributed by atoms with Crippen molar-refractivity contribution in [1.82, 2.24) is 0 Å². The van der Waals surface area contributed by atoms with Crippen molar-refractivity contribution in [3.8, 4) is 0 Å². The molecule has 4 heteroatoms. The lowest BCUT2D eigenvalue weighted by Gasteiger charge is -2.10. The first-order chi connectivity index (χ1) is 6.06. The van der Waals surface area contributed by atoms with E-state index in [1.165, 1.54) is 0 Å². The molecule has 1 atom stereocenters. The van der Waals surface area contributed by atoms with Crippen molar-refractivity contribution in [2.45, 2.75) is 12.8 Å². The van der Waals surface area contributed by atoms with Crippen LogP contribution in [0.25, 0.3) is 0 Å². The molecule has 0 heterocycles. The van der Waals surface area contributed by atoms with E-state index >= 15 is 0 Å². The lowest BCUT2D eigenvalue weighted by Crippen LogP contribution is -2.11. The Kier molecular flexibility index (Phi) is 2.93. The first kappa shape index (κ1) is 10.1. The van der Waals surface area contributed by atoms with Gasteiger partial charge >= 0.3 is 0 Å². The molecule has 1 nitrogen and oxygen atoms in total. The largest absolute Gasteiger partial charge is 0.330 e. The Hall–Kier alpha value is -1.03. The third-order valence-corrected chi connectivity index (χ3v) is 1.92. The van der Waals surface area contributed by atoms with Gasteiger partial charge in [-0.2, -0.15) is 0 Å². The Morgan fingerprint density at radius 1 is 1.15 bits per heavy atom. The number of hydrogen-bond acceptors (Lipinski definition) is 1. The average Bonchev–Trinajstić information content (AvgIpc) is 2.10. The van der Waals surface area contributed by atoms with Crippen LogP contribution in [0.15, 0.2) is 12.1 Å². The zero-order valence-electron chi connectivity index (χ0n) is 7.15. The summed E-state index contributed by atoms with van der Waals surface area (Å²) in [5.41, 5.74) is 5.39. The van der Waals surface area contributed by atoms with E-state index in [-0.39, 0.29) is 18.0 Å². The van der Waals surface area contributed by atoms with Crippen LogP contribution in [0.1, 0.15) is 18.4 Å². The Morgan fingerprint density at radius 2 is 1.69 bits per heavy atom. The summed E-state index contributed by atoms with van der Waals surface area (Å²) in [6, 6.07) is 1.39. The first-order valence-electron chi connectivity index (χ1n) is 3.90. The topological polar surface area (TPSA) is 26.0 Å². The molecule has 0 unspecified atom stereocenters. The highest BCUT2D eigenvalue weighted by atomic mass is 19.2. The third kappa shape index (κ3) is 2.01. The fourth-order valence-electron chi connectivity index (χ4n) is 1.04. The Morgan fingerprint density at radius 3 is 2.23 bits per heavy atom. The number of benzene rings is 1. The smallest absolute Gasteiger partial charge is 0.161 e. The highest BCUT2D eigenvalue weighted by Gasteiger charge is 2.13. The SMILES string of the molecule is C[C@H](CN)c1cc(F)c(F)cc1F. The van der Waals surface area contributed by atoms with Crippen molar-refractivity contribution in [1.29, 1.82) is 0 Å². The van der Waals surface area contributed by atoms with E-state index < -0.39 is 17.5 Å². The van der Waals surface area contributed by atoms with E-state index in [0.717, 1.165) is 6.07 Å². The maximum Gasteiger partial charge on any atom is 0.161 e. The second kappa shape index (κ2) is 3.79. The summed E-state index contributed by atoms with van der Waals surface area (Å²) < 4.78 is 38.2. The van der Waals surface area contributed by atoms with E-state index in [9.17, 15) is 13.2 Å². The van der Waals surface area contributed by atoms with Crippen LogP contribution in [-0.4, -0.2) is 6.54 Å². The summed E-state index contributed by atoms with van der Waals surface area (Å²) in [6.07, 6.45) is 0. The molecular formula is C9H10F3N. The third-order valence-electron chi connectivity index (χ3n) is 1.92. The molecule has 0 radical (unpaired) electrons. The summed E-state index contributed by atoms with van der Waals surface area (Å²) in [5, 5.41) is 0. The Labute approximate surface area is 74.4 Å². The van der Waals surface area contributed by atoms with Crippen LogP contribution in [0, 0.1) is 17.5 Å². The van der Waals surface area contributed by atoms with Gasteiger partial charge in [-0.3, -0.25) is 0 Å². The zero-order chi connectivity index (χ0) is 10.0. The summed E-state index contributed by atoms with van der Waals surface area (Å²) in [6.45, 7) is 1.84. The summed E-state index contributed by atoms with van der Waals surface area (Å²) in [5.74, 6) is -3.28. The second-order valence-corrected chi connectivity index (χ2v) is 2.92. The van der Waals surface area contributed by atoms with Crippen LogP contribution < -0.4 is 5.73 Å². The molecule has 0 amide bonds. The molecule has 0 saturated heterocycles. The van der Waals surface area contributed by atoms with Crippen LogP contribution in [0.3, 0.4) is 0 Å². The minimum absolute atomic E-state index is 0.112. The van der Waals surface area contributed by atoms with Crippen molar-refractivity contribution < 1.29 is 13.2 Å². The van der Waals surface area contributed by atoms with Crippen molar-refractivity contribution in [3.05, 3.63) is 35.1 Å². The normalized spacial score (nSPS) is 13.0. The van der Waals surface area contributed by atoms with Crippen LogP contribution in [-0.2, 0) is 0 Å². The van der Waals surface area contributed by atoms with E-state index in [0.29, 0.717) is 6.07 Å². The molecule has 2 N–H and O–H groups in total. The van der Waals surface area contributed by atoms with Gasteiger partial charge < -0.3 is 5.73 Å². The fourth-order valence-corrected chi connectivity index (χ4v) is 1.04. The lowest BCUT2D eigenvalue weighted by atomic mass is 10.0. The number of hydrogen-bond donors (Lipinski definition) is 1. The van der Waals surface area contributed by atoms with Crippen LogP contribution >= 0.6 is 0 Å². The van der Waals surface area contributed by atoms with Crippen molar-refractivity contribution in [3.63, 3.8) is 0 Å². The quantitative estimate of drug-likeness (QED) is 0.709. The van der Waals surface area contributed by atoms with Gasteiger partial charge in [-0.05, 0) is 24.1 Å². The molecule has 0 bridgehead atoms. The predicted molar refractivity (Wildman–Crippen MR) is 43.8 cm³/mol. The van der Waals surface area contributed by atoms with Crippen molar-refractivity contribution >= 4 is 0 Å². The zero-order valence-corrected chi connectivity index (χ0v) is 7.15. The molecule has 0 aliphatic carbocycles. The highest BCUT2D eigenvalue weighted by Crippen LogP contribution is 2.20. The van der Waals surface area contributed by atoms with Gasteiger partial charge in [-0.15, -0.1) is 0 Å². The molecule has 1 aromatic carbocycles. The Bertz CT molecular complexity index is 312. The monoisotopic (exact) mass is 189 g/mol. The van der Waals surface area contributed by atoms with E-state index in [4.69, 9.17) is 5.73 Å². The molecule has 1 rings (SSSR count). The van der Waals surface area contributed by atoms with Gasteiger partial charge in [0.05, 0.1) is 0 Å². The maximum atomic E-state index is 13.0. The van der Waals surface area contributed by atoms with Gasteiger partial charge in [0.1, 0.15) is 5.82 Å². The van der Waals surface area contributed by atoms with Crippen LogP contribution in [0.2, 0.25) is 0 Å². The van der Waals surface area contributed by atoms with E-state index in [1.54, 1.807) is 6.92 Å². The number of halogens is 3. The molecule has 0 fully saturated rings. The molecule has 0 saturated carbocycles. The molecule has 13 heavy (non-hydrogen) atoms. The number of rotatable bonds is 2. The first-order valence-corrected chi connectivity index (χ1v) is 3.90. The minimum atomic E-state index is -1.18. The number of nitrogens with two attached hydrogens (primary N) is 1. The molecule has 1 aromatic rings. The summed E-state index contributed by atoms with van der Waals surface area (Å²) >= 11 is 0. The minimum Gasteiger partial charge on any atom is -0.330 e. The van der Waals surface area contributed by atoms with E-state index in [2.05, 4.69) is 0 Å². The lowest BCUT2D eigenvalue weighted by molar-refractivity contribution is 0.486. The maximum absolute atomic E-state index is 13.0. The summed E-state index contributed by atoms with van der Waals surface area (Å²) in [4.78, 5) is 0. The molecule has 0 aliphatic heterocycles. The molecule has 0 aromatic heterocycles. The average molecular weight is 189 g/mol. The van der Waals surface area contributed by atoms with Gasteiger partial charge in [0.15, 0.2) is 11.6 Å². The summed E-state index contributed by atoms with van der Waals surface area (Å²) in [7, 11) is 0. The van der Waals surface area contributed by atoms with Crippen molar-refractivity contribution in [2.75, 3.05) is 6.54 Å². The highest BCUT2D eigenvalue weighted by molar-refractivity contribution is 5.23. The van der Waals surface area contributed by atoms with Gasteiger partial charge in [-0.25, -0.2) is 13.2 Å². The van der Waals surface area contributed by atoms with Gasteiger partial charge in [-0.1, -0.05) is 6.92 Å². The molecule has 0 aliphatic rings. The van der Waals surface area contributed by atoms with Crippen LogP contribution in [0.5, 0.6) is 0 Å². The van der Waals surface area contributed by atoms with E-state index in [1.807, 2.05) is 0 Å².